The molecule has 12 rings (SSSR count). The Morgan fingerprint density at radius 3 is 1.48 bits per heavy atom. The van der Waals surface area contributed by atoms with Gasteiger partial charge in [-0.25, -0.2) is 10.0 Å². The number of carbonyl (C=O) groups is 6. The second-order valence-electron chi connectivity index (χ2n) is 23.5. The van der Waals surface area contributed by atoms with Crippen molar-refractivity contribution >= 4 is 70.1 Å². The van der Waals surface area contributed by atoms with Crippen molar-refractivity contribution < 1.29 is 28.8 Å². The van der Waals surface area contributed by atoms with Gasteiger partial charge in [0.15, 0.2) is 0 Å². The lowest BCUT2D eigenvalue weighted by Gasteiger charge is -2.41. The summed E-state index contributed by atoms with van der Waals surface area (Å²) in [4.78, 5) is 86.8. The molecule has 0 bridgehead atoms. The zero-order chi connectivity index (χ0) is 60.3. The highest BCUT2D eigenvalue weighted by Crippen LogP contribution is 2.41. The molecule has 0 aromatic heterocycles. The van der Waals surface area contributed by atoms with Crippen LogP contribution in [0.15, 0.2) is 168 Å². The summed E-state index contributed by atoms with van der Waals surface area (Å²) < 4.78 is 0. The summed E-state index contributed by atoms with van der Waals surface area (Å²) in [6, 6.07) is 46.4. The largest absolute Gasteiger partial charge is 0.344 e. The number of carbonyl (C=O) groups excluding carboxylic acids is 6. The molecule has 17 nitrogen and oxygen atoms in total. The molecule has 0 saturated carbocycles. The second kappa shape index (κ2) is 25.5. The van der Waals surface area contributed by atoms with Crippen LogP contribution >= 0.6 is 23.2 Å². The van der Waals surface area contributed by atoms with Gasteiger partial charge in [-0.1, -0.05) is 157 Å². The molecule has 0 spiro atoms. The smallest absolute Gasteiger partial charge is 0.256 e. The van der Waals surface area contributed by atoms with Gasteiger partial charge in [0.2, 0.25) is 23.6 Å². The van der Waals surface area contributed by atoms with Crippen molar-refractivity contribution in [2.45, 2.75) is 88.1 Å². The number of nitrogens with one attached hydrogen (secondary N) is 3. The van der Waals surface area contributed by atoms with Gasteiger partial charge in [-0.2, -0.15) is 10.2 Å². The molecule has 2 saturated heterocycles. The van der Waals surface area contributed by atoms with Crippen molar-refractivity contribution in [3.05, 3.63) is 212 Å². The quantitative estimate of drug-likeness (QED) is 0.0777. The number of hydrogen-bond acceptors (Lipinski definition) is 11. The standard InChI is InChI=1S/C34H36ClN5O3.C33H35ClN6O3/c1-39-33(43)34(20-23-7-3-2-4-8-23)21-40(18-17-29(34)38-39)32(42)28(19-22-11-14-25(35)15-12-22)37-31(41)27-16-13-24-9-5-6-10-26(24)30(27)36;1-39-32(43)33(18-22-7-3-2-4-8-22)20-40(16-15-27(33)38-39)31(42)26(17-21-11-13-24(34)14-12-21)37-30(41)29-28(35)25-10-6-5-9-23(25)19-36-29/h2-12,14-15,27-28,30H,13,16-21,36H2,1H3,(H,37,41);2-14,26,28-29,36H,15-20,35H2,1H3,(H,37,41)/t27?,28-,30?,34?;26-,28?,29-,33?/m11/s1. The molecule has 8 atom stereocenters. The van der Waals surface area contributed by atoms with Gasteiger partial charge in [-0.3, -0.25) is 28.8 Å². The number of halogens is 2. The average molecular weight is 1200 g/mol. The van der Waals surface area contributed by atoms with Crippen LogP contribution in [0.1, 0.15) is 75.9 Å². The van der Waals surface area contributed by atoms with Crippen LogP contribution in [0.5, 0.6) is 0 Å². The predicted octanol–water partition coefficient (Wildman–Crippen LogP) is 6.75. The molecule has 6 aromatic rings. The number of hydrazone groups is 2. The van der Waals surface area contributed by atoms with E-state index in [0.717, 1.165) is 62.4 Å². The highest BCUT2D eigenvalue weighted by Gasteiger charge is 2.55. The number of likely N-dealkylation sites (tertiary alicyclic amines) is 2. The molecule has 5 heterocycles. The Morgan fingerprint density at radius 1 is 0.558 bits per heavy atom. The highest BCUT2D eigenvalue weighted by molar-refractivity contribution is 6.30. The van der Waals surface area contributed by atoms with Gasteiger partial charge in [0.25, 0.3) is 11.8 Å². The van der Waals surface area contributed by atoms with E-state index in [4.69, 9.17) is 34.7 Å². The van der Waals surface area contributed by atoms with Crippen molar-refractivity contribution in [3.8, 4) is 0 Å². The molecule has 6 amide bonds. The maximum Gasteiger partial charge on any atom is 0.256 e. The SMILES string of the molecule is CN1N=C2CCN(C(=O)[C@@H](Cc3ccc(Cl)cc3)NC(=O)C3CCc4ccccc4C3N)CC2(Cc2ccccc2)C1=O.CN1N=C2CCN(C(=O)[C@@H](Cc3ccc(Cl)cc3)NC(=O)[C@@H]3NCc4ccccc4C3N)CC2(Cc2ccccc2)C1=O. The average Bonchev–Trinajstić information content (AvgIpc) is 2.11. The van der Waals surface area contributed by atoms with Crippen LogP contribution in [0, 0.1) is 16.7 Å². The lowest BCUT2D eigenvalue weighted by molar-refractivity contribution is -0.143. The fourth-order valence-corrected chi connectivity index (χ4v) is 13.7. The molecule has 7 N–H and O–H groups in total. The van der Waals surface area contributed by atoms with E-state index < -0.39 is 47.0 Å². The summed E-state index contributed by atoms with van der Waals surface area (Å²) in [6.45, 7) is 1.70. The van der Waals surface area contributed by atoms with Gasteiger partial charge in [0.1, 0.15) is 29.0 Å². The zero-order valence-corrected chi connectivity index (χ0v) is 49.7. The molecule has 2 fully saturated rings. The summed E-state index contributed by atoms with van der Waals surface area (Å²) >= 11 is 12.2. The van der Waals surface area contributed by atoms with E-state index in [9.17, 15) is 28.8 Å². The van der Waals surface area contributed by atoms with Crippen LogP contribution in [-0.4, -0.2) is 125 Å². The van der Waals surface area contributed by atoms with Gasteiger partial charge in [0.05, 0.1) is 23.4 Å². The summed E-state index contributed by atoms with van der Waals surface area (Å²) in [5, 5.41) is 22.5. The number of fused-ring (bicyclic) bond motifs is 4. The van der Waals surface area contributed by atoms with Gasteiger partial charge in [0, 0.05) is 88.6 Å². The van der Waals surface area contributed by atoms with Gasteiger partial charge in [-0.05, 0) is 94.5 Å². The Balaban J connectivity index is 0.000000179. The molecule has 1 aliphatic carbocycles. The minimum absolute atomic E-state index is 0.117. The third kappa shape index (κ3) is 12.3. The Hall–Kier alpha value is -8.06. The van der Waals surface area contributed by atoms with Crippen molar-refractivity contribution in [1.29, 1.82) is 0 Å². The Morgan fingerprint density at radius 2 is 0.988 bits per heavy atom. The van der Waals surface area contributed by atoms with Crippen LogP contribution < -0.4 is 27.4 Å². The first kappa shape index (κ1) is 59.7. The molecule has 444 valence electrons. The number of amides is 6. The summed E-state index contributed by atoms with van der Waals surface area (Å²) in [6.07, 6.45) is 3.76. The predicted molar refractivity (Wildman–Crippen MR) is 331 cm³/mol. The van der Waals surface area contributed by atoms with Gasteiger partial charge < -0.3 is 37.2 Å². The van der Waals surface area contributed by atoms with Crippen molar-refractivity contribution in [3.63, 3.8) is 0 Å². The first-order chi connectivity index (χ1) is 41.5. The Labute approximate surface area is 511 Å². The molecule has 19 heteroatoms. The van der Waals surface area contributed by atoms with Crippen LogP contribution in [0.2, 0.25) is 10.0 Å². The first-order valence-corrected chi connectivity index (χ1v) is 30.1. The number of hydrogen-bond donors (Lipinski definition) is 5. The van der Waals surface area contributed by atoms with E-state index in [-0.39, 0.29) is 61.4 Å². The van der Waals surface area contributed by atoms with Crippen LogP contribution in [0.25, 0.3) is 0 Å². The number of aryl methyl sites for hydroxylation is 1. The number of nitrogens with zero attached hydrogens (tertiary/aromatic N) is 6. The molecule has 0 radical (unpaired) electrons. The summed E-state index contributed by atoms with van der Waals surface area (Å²) in [5.74, 6) is -1.74. The minimum atomic E-state index is -0.949. The van der Waals surface area contributed by atoms with E-state index in [1.54, 1.807) is 48.2 Å². The maximum atomic E-state index is 14.3. The summed E-state index contributed by atoms with van der Waals surface area (Å²) in [7, 11) is 3.33. The third-order valence-electron chi connectivity index (χ3n) is 17.9. The van der Waals surface area contributed by atoms with Crippen molar-refractivity contribution in [2.75, 3.05) is 40.3 Å². The minimum Gasteiger partial charge on any atom is -0.344 e. The number of rotatable bonds is 14. The normalized spacial score (nSPS) is 23.7. The number of nitrogens with two attached hydrogens (primary N) is 2. The lowest BCUT2D eigenvalue weighted by Crippen LogP contribution is -2.61. The van der Waals surface area contributed by atoms with Crippen LogP contribution in [0.4, 0.5) is 0 Å². The number of piperidine rings is 2. The molecular weight excluding hydrogens is 1130 g/mol. The van der Waals surface area contributed by atoms with Crippen LogP contribution in [0.3, 0.4) is 0 Å². The fourth-order valence-electron chi connectivity index (χ4n) is 13.4. The first-order valence-electron chi connectivity index (χ1n) is 29.4. The summed E-state index contributed by atoms with van der Waals surface area (Å²) in [5.41, 5.74) is 20.7. The highest BCUT2D eigenvalue weighted by atomic mass is 35.5. The lowest BCUT2D eigenvalue weighted by atomic mass is 9.73. The number of benzene rings is 6. The molecule has 5 unspecified atom stereocenters. The van der Waals surface area contributed by atoms with Gasteiger partial charge >= 0.3 is 0 Å². The molecular formula is C67H71Cl2N11O6. The molecule has 6 aliphatic rings. The van der Waals surface area contributed by atoms with E-state index in [2.05, 4.69) is 32.2 Å². The monoisotopic (exact) mass is 1200 g/mol. The Kier molecular flexibility index (Phi) is 17.7. The maximum absolute atomic E-state index is 14.3. The van der Waals surface area contributed by atoms with E-state index in [1.165, 1.54) is 10.0 Å². The van der Waals surface area contributed by atoms with Crippen LogP contribution in [-0.2, 0) is 67.4 Å². The topological polar surface area (TPSA) is 228 Å². The van der Waals surface area contributed by atoms with Crippen molar-refractivity contribution in [1.82, 2.24) is 35.8 Å². The van der Waals surface area contributed by atoms with E-state index in [1.807, 2.05) is 127 Å². The molecule has 6 aromatic carbocycles. The second-order valence-corrected chi connectivity index (χ2v) is 24.4. The van der Waals surface area contributed by atoms with Crippen molar-refractivity contribution in [2.24, 2.45) is 38.4 Å². The third-order valence-corrected chi connectivity index (χ3v) is 18.4. The van der Waals surface area contributed by atoms with E-state index in [0.29, 0.717) is 61.8 Å². The van der Waals surface area contributed by atoms with E-state index >= 15 is 0 Å². The fraction of sp³-hybridized carbons (Fsp3) is 0.343. The zero-order valence-electron chi connectivity index (χ0n) is 48.2. The Bertz CT molecular complexity index is 3360. The molecule has 86 heavy (non-hydrogen) atoms. The van der Waals surface area contributed by atoms with Gasteiger partial charge in [-0.15, -0.1) is 0 Å². The molecule has 5 aliphatic heterocycles.